The summed E-state index contributed by atoms with van der Waals surface area (Å²) in [4.78, 5) is 11.3. The zero-order valence-corrected chi connectivity index (χ0v) is 13.5. The van der Waals surface area contributed by atoms with Crippen LogP contribution in [-0.2, 0) is 21.5 Å². The summed E-state index contributed by atoms with van der Waals surface area (Å²) in [5.41, 5.74) is 0.836. The Labute approximate surface area is 127 Å². The van der Waals surface area contributed by atoms with E-state index < -0.39 is 16.3 Å². The first kappa shape index (κ1) is 16.9. The van der Waals surface area contributed by atoms with Gasteiger partial charge >= 0.3 is 16.3 Å². The van der Waals surface area contributed by atoms with Crippen molar-refractivity contribution in [3.8, 4) is 0 Å². The zero-order valence-electron chi connectivity index (χ0n) is 11.1. The van der Waals surface area contributed by atoms with E-state index in [0.29, 0.717) is 5.33 Å². The number of halogens is 1. The van der Waals surface area contributed by atoms with Crippen LogP contribution in [0.25, 0.3) is 0 Å². The zero-order chi connectivity index (χ0) is 15.0. The minimum atomic E-state index is -3.93. The van der Waals surface area contributed by atoms with Crippen molar-refractivity contribution in [2.75, 3.05) is 18.5 Å². The summed E-state index contributed by atoms with van der Waals surface area (Å²) in [7, 11) is -3.93. The van der Waals surface area contributed by atoms with Crippen molar-refractivity contribution in [3.63, 3.8) is 0 Å². The molecule has 0 spiro atoms. The standard InChI is InChI=1S/C12H17BrN2O4S/c1-2-19-12(16)14-20(17,18)15(9-8-13)10-11-6-4-3-5-7-11/h3-7H,2,8-10H2,1H3,(H,14,16). The lowest BCUT2D eigenvalue weighted by Crippen LogP contribution is -2.44. The van der Waals surface area contributed by atoms with Crippen LogP contribution >= 0.6 is 15.9 Å². The molecule has 0 heterocycles. The van der Waals surface area contributed by atoms with Gasteiger partial charge in [0.2, 0.25) is 0 Å². The normalized spacial score (nSPS) is 11.3. The van der Waals surface area contributed by atoms with E-state index in [2.05, 4.69) is 20.7 Å². The average Bonchev–Trinajstić information content (AvgIpc) is 2.39. The van der Waals surface area contributed by atoms with Crippen LogP contribution in [0.2, 0.25) is 0 Å². The summed E-state index contributed by atoms with van der Waals surface area (Å²) in [6.45, 7) is 2.13. The van der Waals surface area contributed by atoms with Crippen LogP contribution in [0, 0.1) is 0 Å². The van der Waals surface area contributed by atoms with Gasteiger partial charge in [-0.25, -0.2) is 9.52 Å². The molecule has 0 aromatic heterocycles. The van der Waals surface area contributed by atoms with Crippen LogP contribution in [0.5, 0.6) is 0 Å². The quantitative estimate of drug-likeness (QED) is 0.749. The summed E-state index contributed by atoms with van der Waals surface area (Å²) in [6, 6.07) is 9.14. The van der Waals surface area contributed by atoms with Gasteiger partial charge in [-0.1, -0.05) is 46.3 Å². The monoisotopic (exact) mass is 364 g/mol. The van der Waals surface area contributed by atoms with Gasteiger partial charge in [0.1, 0.15) is 0 Å². The molecule has 0 aliphatic heterocycles. The molecule has 1 amide bonds. The third-order valence-electron chi connectivity index (χ3n) is 2.36. The average molecular weight is 365 g/mol. The number of amides is 1. The van der Waals surface area contributed by atoms with Crippen LogP contribution in [0.3, 0.4) is 0 Å². The van der Waals surface area contributed by atoms with Gasteiger partial charge in [-0.2, -0.15) is 12.7 Å². The lowest BCUT2D eigenvalue weighted by atomic mass is 10.2. The Balaban J connectivity index is 2.81. The molecule has 112 valence electrons. The molecular formula is C12H17BrN2O4S. The van der Waals surface area contributed by atoms with Gasteiger partial charge in [-0.05, 0) is 12.5 Å². The highest BCUT2D eigenvalue weighted by atomic mass is 79.9. The molecule has 0 aliphatic rings. The number of benzene rings is 1. The van der Waals surface area contributed by atoms with Crippen molar-refractivity contribution >= 4 is 32.2 Å². The largest absolute Gasteiger partial charge is 0.449 e. The molecule has 0 saturated heterocycles. The lowest BCUT2D eigenvalue weighted by Gasteiger charge is -2.21. The van der Waals surface area contributed by atoms with E-state index in [-0.39, 0.29) is 19.7 Å². The molecule has 6 nitrogen and oxygen atoms in total. The second-order valence-electron chi connectivity index (χ2n) is 3.84. The van der Waals surface area contributed by atoms with E-state index in [0.717, 1.165) is 5.56 Å². The minimum Gasteiger partial charge on any atom is -0.449 e. The topological polar surface area (TPSA) is 75.7 Å². The molecule has 0 radical (unpaired) electrons. The van der Waals surface area contributed by atoms with Gasteiger partial charge in [0, 0.05) is 18.4 Å². The maximum absolute atomic E-state index is 12.1. The predicted octanol–water partition coefficient (Wildman–Crippen LogP) is 1.87. The number of nitrogens with one attached hydrogen (secondary N) is 1. The van der Waals surface area contributed by atoms with E-state index in [9.17, 15) is 13.2 Å². The summed E-state index contributed by atoms with van der Waals surface area (Å²) in [5, 5.41) is 0.462. The maximum atomic E-state index is 12.1. The van der Waals surface area contributed by atoms with E-state index in [1.54, 1.807) is 6.92 Å². The summed E-state index contributed by atoms with van der Waals surface area (Å²) in [6.07, 6.45) is -0.972. The van der Waals surface area contributed by atoms with Crippen LogP contribution in [0.1, 0.15) is 12.5 Å². The highest BCUT2D eigenvalue weighted by Crippen LogP contribution is 2.09. The van der Waals surface area contributed by atoms with Gasteiger partial charge in [0.05, 0.1) is 6.61 Å². The third kappa shape index (κ3) is 5.48. The lowest BCUT2D eigenvalue weighted by molar-refractivity contribution is 0.158. The summed E-state index contributed by atoms with van der Waals surface area (Å²) >= 11 is 3.20. The van der Waals surface area contributed by atoms with Crippen molar-refractivity contribution in [1.29, 1.82) is 0 Å². The SMILES string of the molecule is CCOC(=O)NS(=O)(=O)N(CCBr)Cc1ccccc1. The molecule has 8 heteroatoms. The van der Waals surface area contributed by atoms with Crippen LogP contribution < -0.4 is 4.72 Å². The number of ether oxygens (including phenoxy) is 1. The number of alkyl halides is 1. The van der Waals surface area contributed by atoms with Gasteiger partial charge in [-0.3, -0.25) is 0 Å². The van der Waals surface area contributed by atoms with Crippen molar-refractivity contribution in [2.45, 2.75) is 13.5 Å². The Hall–Kier alpha value is -1.12. The fourth-order valence-electron chi connectivity index (χ4n) is 1.50. The van der Waals surface area contributed by atoms with Crippen molar-refractivity contribution in [1.82, 2.24) is 9.03 Å². The fourth-order valence-corrected chi connectivity index (χ4v) is 3.21. The first-order valence-corrected chi connectivity index (χ1v) is 8.60. The molecule has 1 rings (SSSR count). The maximum Gasteiger partial charge on any atom is 0.421 e. The second kappa shape index (κ2) is 8.23. The number of rotatable bonds is 7. The van der Waals surface area contributed by atoms with Gasteiger partial charge in [0.15, 0.2) is 0 Å². The Morgan fingerprint density at radius 1 is 1.35 bits per heavy atom. The third-order valence-corrected chi connectivity index (χ3v) is 4.13. The molecular weight excluding hydrogens is 348 g/mol. The molecule has 0 atom stereocenters. The summed E-state index contributed by atoms with van der Waals surface area (Å²) < 4.78 is 31.8. The van der Waals surface area contributed by atoms with Crippen LogP contribution in [0.4, 0.5) is 4.79 Å². The number of hydrogen-bond donors (Lipinski definition) is 1. The first-order valence-electron chi connectivity index (χ1n) is 6.04. The highest BCUT2D eigenvalue weighted by Gasteiger charge is 2.24. The number of carbonyl (C=O) groups excluding carboxylic acids is 1. The van der Waals surface area contributed by atoms with E-state index in [1.807, 2.05) is 35.1 Å². The molecule has 1 aromatic carbocycles. The van der Waals surface area contributed by atoms with Crippen LogP contribution in [-0.4, -0.2) is 37.3 Å². The van der Waals surface area contributed by atoms with Crippen molar-refractivity contribution in [2.24, 2.45) is 0 Å². The Morgan fingerprint density at radius 3 is 2.55 bits per heavy atom. The Morgan fingerprint density at radius 2 is 2.00 bits per heavy atom. The Bertz CT molecular complexity index is 522. The predicted molar refractivity (Wildman–Crippen MR) is 79.7 cm³/mol. The summed E-state index contributed by atoms with van der Waals surface area (Å²) in [5.74, 6) is 0. The number of carbonyl (C=O) groups is 1. The fraction of sp³-hybridized carbons (Fsp3) is 0.417. The van der Waals surface area contributed by atoms with E-state index in [4.69, 9.17) is 0 Å². The Kier molecular flexibility index (Phi) is 6.97. The minimum absolute atomic E-state index is 0.110. The number of hydrogen-bond acceptors (Lipinski definition) is 4. The molecule has 0 saturated carbocycles. The molecule has 0 aliphatic carbocycles. The molecule has 20 heavy (non-hydrogen) atoms. The van der Waals surface area contributed by atoms with Gasteiger partial charge < -0.3 is 4.74 Å². The van der Waals surface area contributed by atoms with E-state index in [1.165, 1.54) is 4.31 Å². The second-order valence-corrected chi connectivity index (χ2v) is 6.30. The smallest absolute Gasteiger partial charge is 0.421 e. The molecule has 1 aromatic rings. The van der Waals surface area contributed by atoms with Crippen molar-refractivity contribution < 1.29 is 17.9 Å². The molecule has 1 N–H and O–H groups in total. The molecule has 0 fully saturated rings. The molecule has 0 bridgehead atoms. The first-order chi connectivity index (χ1) is 9.49. The van der Waals surface area contributed by atoms with Crippen molar-refractivity contribution in [3.05, 3.63) is 35.9 Å². The number of nitrogens with zero attached hydrogens (tertiary/aromatic N) is 1. The molecule has 0 unspecified atom stereocenters. The van der Waals surface area contributed by atoms with Gasteiger partial charge in [-0.15, -0.1) is 0 Å². The van der Waals surface area contributed by atoms with Crippen LogP contribution in [0.15, 0.2) is 30.3 Å². The highest BCUT2D eigenvalue weighted by molar-refractivity contribution is 9.09. The van der Waals surface area contributed by atoms with E-state index >= 15 is 0 Å². The van der Waals surface area contributed by atoms with Gasteiger partial charge in [0.25, 0.3) is 0 Å².